The first-order valence-corrected chi connectivity index (χ1v) is 15.3. The molecule has 1 saturated heterocycles. The first kappa shape index (κ1) is 32.6. The Bertz CT molecular complexity index is 1720. The first-order valence-electron chi connectivity index (χ1n) is 14.5. The molecule has 1 fully saturated rings. The summed E-state index contributed by atoms with van der Waals surface area (Å²) < 4.78 is 28.8. The van der Waals surface area contributed by atoms with Crippen LogP contribution in [0.15, 0.2) is 101 Å². The smallest absolute Gasteiger partial charge is 0.330 e. The highest BCUT2D eigenvalue weighted by atomic mass is 32.2. The molecule has 0 amide bonds. The summed E-state index contributed by atoms with van der Waals surface area (Å²) in [6.45, 7) is 2.31. The van der Waals surface area contributed by atoms with Gasteiger partial charge in [-0.05, 0) is 41.0 Å². The summed E-state index contributed by atoms with van der Waals surface area (Å²) >= 11 is 1.41. The minimum absolute atomic E-state index is 0.234. The van der Waals surface area contributed by atoms with Gasteiger partial charge in [-0.1, -0.05) is 54.6 Å². The van der Waals surface area contributed by atoms with Crippen LogP contribution in [0.4, 0.5) is 0 Å². The number of thioether (sulfide) groups is 1. The van der Waals surface area contributed by atoms with E-state index in [9.17, 15) is 19.2 Å². The van der Waals surface area contributed by atoms with E-state index in [0.717, 1.165) is 16.7 Å². The largest absolute Gasteiger partial charge is 0.497 e. The fourth-order valence-corrected chi connectivity index (χ4v) is 7.49. The van der Waals surface area contributed by atoms with Gasteiger partial charge in [0.2, 0.25) is 0 Å². The summed E-state index contributed by atoms with van der Waals surface area (Å²) in [6, 6.07) is 26.2. The average molecular weight is 647 g/mol. The standard InChI is InChI=1S/C34H34N2O9S/c1-21(37)43-20-28-30(44-22(2)38)31(32(45-28)36-19-18-29(39)35-33(36)40)46-34(23-8-6-5-7-9-23,24-10-14-26(41-3)15-11-24)25-12-16-27(42-4)17-13-25/h5-19,28,30-32H,20H2,1-4H3,(H,35,39,40)/t28-,30-,31-,32-/m1/s1. The van der Waals surface area contributed by atoms with Crippen LogP contribution in [0.3, 0.4) is 0 Å². The Morgan fingerprint density at radius 2 is 1.39 bits per heavy atom. The highest BCUT2D eigenvalue weighted by Crippen LogP contribution is 2.55. The van der Waals surface area contributed by atoms with E-state index in [1.165, 1.54) is 42.4 Å². The molecule has 11 nitrogen and oxygen atoms in total. The fraction of sp³-hybridized carbons (Fsp3) is 0.294. The quantitative estimate of drug-likeness (QED) is 0.188. The Morgan fingerprint density at radius 1 is 0.826 bits per heavy atom. The lowest BCUT2D eigenvalue weighted by Gasteiger charge is -2.39. The summed E-state index contributed by atoms with van der Waals surface area (Å²) in [7, 11) is 3.18. The molecular formula is C34H34N2O9S. The molecule has 4 aromatic rings. The van der Waals surface area contributed by atoms with Crippen LogP contribution >= 0.6 is 11.8 Å². The van der Waals surface area contributed by atoms with Crippen LogP contribution in [0.1, 0.15) is 36.8 Å². The van der Waals surface area contributed by atoms with E-state index >= 15 is 0 Å². The number of carbonyl (C=O) groups excluding carboxylic acids is 2. The van der Waals surface area contributed by atoms with Crippen molar-refractivity contribution in [2.24, 2.45) is 0 Å². The Morgan fingerprint density at radius 3 is 1.89 bits per heavy atom. The van der Waals surface area contributed by atoms with Gasteiger partial charge in [0.05, 0.1) is 24.2 Å². The molecule has 1 aliphatic heterocycles. The number of hydrogen-bond donors (Lipinski definition) is 1. The van der Waals surface area contributed by atoms with Crippen LogP contribution in [-0.2, 0) is 28.5 Å². The van der Waals surface area contributed by atoms with E-state index in [2.05, 4.69) is 4.98 Å². The maximum absolute atomic E-state index is 13.2. The number of benzene rings is 3. The minimum atomic E-state index is -1.06. The summed E-state index contributed by atoms with van der Waals surface area (Å²) in [5, 5.41) is -0.780. The number of esters is 2. The number of hydrogen-bond acceptors (Lipinski definition) is 10. The van der Waals surface area contributed by atoms with E-state index < -0.39 is 51.6 Å². The van der Waals surface area contributed by atoms with Crippen LogP contribution in [0.5, 0.6) is 11.5 Å². The first-order chi connectivity index (χ1) is 22.2. The highest BCUT2D eigenvalue weighted by Gasteiger charge is 2.53. The Labute approximate surface area is 269 Å². The second kappa shape index (κ2) is 14.1. The van der Waals surface area contributed by atoms with Gasteiger partial charge >= 0.3 is 17.6 Å². The van der Waals surface area contributed by atoms with Crippen LogP contribution < -0.4 is 20.7 Å². The predicted octanol–water partition coefficient (Wildman–Crippen LogP) is 4.04. The van der Waals surface area contributed by atoms with E-state index in [-0.39, 0.29) is 6.61 Å². The van der Waals surface area contributed by atoms with Crippen molar-refractivity contribution in [2.75, 3.05) is 20.8 Å². The summed E-state index contributed by atoms with van der Waals surface area (Å²) in [5.41, 5.74) is 1.30. The molecule has 1 aromatic heterocycles. The molecule has 0 bridgehead atoms. The zero-order chi connectivity index (χ0) is 32.8. The van der Waals surface area contributed by atoms with Crippen molar-refractivity contribution >= 4 is 23.7 Å². The number of nitrogens with zero attached hydrogens (tertiary/aromatic N) is 1. The zero-order valence-electron chi connectivity index (χ0n) is 25.7. The SMILES string of the molecule is COc1ccc(C(S[C@@H]2[C@H](OC(C)=O)[C@@H](COC(C)=O)O[C@H]2n2ccc(=O)[nH]c2=O)(c2ccccc2)c2ccc(OC)cc2)cc1. The molecule has 12 heteroatoms. The third-order valence-corrected chi connectivity index (χ3v) is 9.48. The Balaban J connectivity index is 1.77. The molecule has 3 aromatic carbocycles. The highest BCUT2D eigenvalue weighted by molar-refractivity contribution is 8.01. The molecule has 0 radical (unpaired) electrons. The third kappa shape index (κ3) is 6.73. The lowest BCUT2D eigenvalue weighted by Crippen LogP contribution is -2.41. The van der Waals surface area contributed by atoms with E-state index in [4.69, 9.17) is 23.7 Å². The van der Waals surface area contributed by atoms with Crippen LogP contribution in [0.2, 0.25) is 0 Å². The number of methoxy groups -OCH3 is 2. The maximum Gasteiger partial charge on any atom is 0.330 e. The summed E-state index contributed by atoms with van der Waals surface area (Å²) in [5.74, 6) is 0.188. The molecule has 1 aliphatic rings. The van der Waals surface area contributed by atoms with Gasteiger partial charge in [-0.2, -0.15) is 0 Å². The number of H-pyrrole nitrogens is 1. The predicted molar refractivity (Wildman–Crippen MR) is 171 cm³/mol. The van der Waals surface area contributed by atoms with E-state index in [1.807, 2.05) is 78.9 Å². The van der Waals surface area contributed by atoms with E-state index in [0.29, 0.717) is 11.5 Å². The van der Waals surface area contributed by atoms with Crippen molar-refractivity contribution in [3.63, 3.8) is 0 Å². The van der Waals surface area contributed by atoms with E-state index in [1.54, 1.807) is 14.2 Å². The Hall–Kier alpha value is -4.81. The van der Waals surface area contributed by atoms with Crippen LogP contribution in [0, 0.1) is 0 Å². The van der Waals surface area contributed by atoms with Crippen molar-refractivity contribution in [1.29, 1.82) is 0 Å². The van der Waals surface area contributed by atoms with Crippen molar-refractivity contribution in [1.82, 2.24) is 9.55 Å². The second-order valence-electron chi connectivity index (χ2n) is 10.5. The molecule has 4 atom stereocenters. The average Bonchev–Trinajstić information content (AvgIpc) is 3.38. The van der Waals surface area contributed by atoms with Gasteiger partial charge < -0.3 is 23.7 Å². The topological polar surface area (TPSA) is 135 Å². The molecule has 5 rings (SSSR count). The third-order valence-electron chi connectivity index (χ3n) is 7.65. The summed E-state index contributed by atoms with van der Waals surface area (Å²) in [4.78, 5) is 51.9. The second-order valence-corrected chi connectivity index (χ2v) is 11.9. The van der Waals surface area contributed by atoms with Crippen molar-refractivity contribution in [3.05, 3.63) is 129 Å². The number of ether oxygens (including phenoxy) is 5. The fourth-order valence-electron chi connectivity index (χ4n) is 5.59. The maximum atomic E-state index is 13.2. The van der Waals surface area contributed by atoms with Gasteiger partial charge in [0.25, 0.3) is 5.56 Å². The molecule has 46 heavy (non-hydrogen) atoms. The molecule has 0 unspecified atom stereocenters. The molecule has 1 N–H and O–H groups in total. The number of carbonyl (C=O) groups is 2. The van der Waals surface area contributed by atoms with Gasteiger partial charge in [-0.3, -0.25) is 23.9 Å². The van der Waals surface area contributed by atoms with Gasteiger partial charge in [-0.25, -0.2) is 4.79 Å². The molecule has 2 heterocycles. The van der Waals surface area contributed by atoms with Crippen molar-refractivity contribution < 1.29 is 33.3 Å². The van der Waals surface area contributed by atoms with Gasteiger partial charge in [0.1, 0.15) is 30.3 Å². The number of rotatable bonds is 11. The van der Waals surface area contributed by atoms with Gasteiger partial charge in [-0.15, -0.1) is 11.8 Å². The Kier molecular flexibility index (Phi) is 9.98. The van der Waals surface area contributed by atoms with Crippen LogP contribution in [0.25, 0.3) is 0 Å². The molecular weight excluding hydrogens is 612 g/mol. The number of aromatic amines is 1. The lowest BCUT2D eigenvalue weighted by atomic mass is 9.84. The van der Waals surface area contributed by atoms with Crippen LogP contribution in [-0.4, -0.2) is 59.8 Å². The lowest BCUT2D eigenvalue weighted by molar-refractivity contribution is -0.155. The monoisotopic (exact) mass is 646 g/mol. The van der Waals surface area contributed by atoms with Crippen molar-refractivity contribution in [3.8, 4) is 11.5 Å². The number of aromatic nitrogens is 2. The molecule has 240 valence electrons. The van der Waals surface area contributed by atoms with Crippen molar-refractivity contribution in [2.45, 2.75) is 42.3 Å². The van der Waals surface area contributed by atoms with Gasteiger partial charge in [0.15, 0.2) is 6.23 Å². The number of nitrogens with one attached hydrogen (secondary N) is 1. The molecule has 0 spiro atoms. The zero-order valence-corrected chi connectivity index (χ0v) is 26.5. The summed E-state index contributed by atoms with van der Waals surface area (Å²) in [6.07, 6.45) is -1.64. The molecule has 0 aliphatic carbocycles. The normalized spacial score (nSPS) is 19.3. The minimum Gasteiger partial charge on any atom is -0.497 e. The molecule has 0 saturated carbocycles. The van der Waals surface area contributed by atoms with Gasteiger partial charge in [0, 0.05) is 26.1 Å².